The summed E-state index contributed by atoms with van der Waals surface area (Å²) in [5, 5.41) is 0. The number of nitrogens with two attached hydrogens (primary N) is 1. The fourth-order valence-corrected chi connectivity index (χ4v) is 0.560. The average Bonchev–Trinajstić information content (AvgIpc) is 2.15. The Kier molecular flexibility index (Phi) is 1.48. The predicted octanol–water partition coefficient (Wildman–Crippen LogP) is -0.563. The van der Waals surface area contributed by atoms with E-state index in [0.29, 0.717) is 5.82 Å². The molecule has 0 fully saturated rings. The summed E-state index contributed by atoms with van der Waals surface area (Å²) in [6.45, 7) is 0. The van der Waals surface area contributed by atoms with Crippen molar-refractivity contribution in [3.63, 3.8) is 0 Å². The monoisotopic (exact) mass is 125 g/mol. The highest BCUT2D eigenvalue weighted by Gasteiger charge is 1.97. The van der Waals surface area contributed by atoms with E-state index in [9.17, 15) is 4.79 Å². The van der Waals surface area contributed by atoms with Crippen LogP contribution in [0.25, 0.3) is 0 Å². The molecule has 0 aliphatic carbocycles. The fourth-order valence-electron chi connectivity index (χ4n) is 0.560. The maximum atomic E-state index is 10.2. The largest absolute Gasteiger partial charge is 0.369 e. The van der Waals surface area contributed by atoms with Gasteiger partial charge in [-0.15, -0.1) is 0 Å². The minimum absolute atomic E-state index is 0.187. The third-order valence-electron chi connectivity index (χ3n) is 0.897. The number of aromatic amines is 1. The molecule has 48 valence electrons. The number of aromatic nitrogens is 2. The molecule has 1 amide bonds. The van der Waals surface area contributed by atoms with Crippen LogP contribution >= 0.6 is 0 Å². The van der Waals surface area contributed by atoms with Gasteiger partial charge in [0.25, 0.3) is 0 Å². The van der Waals surface area contributed by atoms with Gasteiger partial charge >= 0.3 is 0 Å². The molecule has 0 spiro atoms. The van der Waals surface area contributed by atoms with Crippen LogP contribution in [0.3, 0.4) is 0 Å². The molecule has 1 aromatic heterocycles. The Morgan fingerprint density at radius 3 is 3.11 bits per heavy atom. The normalized spacial score (nSPS) is 9.33. The smallest absolute Gasteiger partial charge is 0.225 e. The van der Waals surface area contributed by atoms with Gasteiger partial charge in [0.2, 0.25) is 5.91 Å². The molecule has 9 heavy (non-hydrogen) atoms. The third-order valence-corrected chi connectivity index (χ3v) is 0.897. The first-order valence-electron chi connectivity index (χ1n) is 2.55. The van der Waals surface area contributed by atoms with Gasteiger partial charge in [0, 0.05) is 12.4 Å². The molecule has 0 saturated heterocycles. The van der Waals surface area contributed by atoms with Crippen LogP contribution in [0.4, 0.5) is 0 Å². The quantitative estimate of drug-likeness (QED) is 0.556. The molecule has 1 rings (SSSR count). The van der Waals surface area contributed by atoms with E-state index < -0.39 is 0 Å². The van der Waals surface area contributed by atoms with E-state index in [-0.39, 0.29) is 12.3 Å². The van der Waals surface area contributed by atoms with Gasteiger partial charge in [-0.25, -0.2) is 4.98 Å². The van der Waals surface area contributed by atoms with E-state index in [2.05, 4.69) is 9.97 Å². The Balaban J connectivity index is 2.58. The zero-order chi connectivity index (χ0) is 6.69. The molecule has 0 radical (unpaired) electrons. The lowest BCUT2D eigenvalue weighted by Gasteiger charge is -1.86. The van der Waals surface area contributed by atoms with Gasteiger partial charge in [0.1, 0.15) is 5.82 Å². The van der Waals surface area contributed by atoms with Gasteiger partial charge in [0.05, 0.1) is 6.42 Å². The topological polar surface area (TPSA) is 71.8 Å². The van der Waals surface area contributed by atoms with Gasteiger partial charge in [-0.2, -0.15) is 0 Å². The first-order chi connectivity index (χ1) is 4.29. The van der Waals surface area contributed by atoms with Crippen LogP contribution in [0.5, 0.6) is 0 Å². The van der Waals surface area contributed by atoms with Crippen LogP contribution in [-0.2, 0) is 11.2 Å². The summed E-state index contributed by atoms with van der Waals surface area (Å²) in [7, 11) is 0. The van der Waals surface area contributed by atoms with E-state index in [1.165, 1.54) is 0 Å². The van der Waals surface area contributed by atoms with Gasteiger partial charge in [-0.3, -0.25) is 4.79 Å². The second-order valence-electron chi connectivity index (χ2n) is 1.68. The summed E-state index contributed by atoms with van der Waals surface area (Å²) in [5.74, 6) is 0.243. The van der Waals surface area contributed by atoms with Gasteiger partial charge in [-0.05, 0) is 0 Å². The minimum Gasteiger partial charge on any atom is -0.369 e. The van der Waals surface area contributed by atoms with E-state index in [1.807, 2.05) is 0 Å². The van der Waals surface area contributed by atoms with Crippen molar-refractivity contribution in [2.75, 3.05) is 0 Å². The highest BCUT2D eigenvalue weighted by Crippen LogP contribution is 1.86. The van der Waals surface area contributed by atoms with Crippen LogP contribution in [0.2, 0.25) is 0 Å². The van der Waals surface area contributed by atoms with Crippen molar-refractivity contribution in [3.05, 3.63) is 18.2 Å². The molecule has 0 saturated carbocycles. The number of nitrogens with one attached hydrogen (secondary N) is 1. The van der Waals surface area contributed by atoms with E-state index >= 15 is 0 Å². The van der Waals surface area contributed by atoms with E-state index in [0.717, 1.165) is 0 Å². The summed E-state index contributed by atoms with van der Waals surface area (Å²) in [5.41, 5.74) is 4.88. The molecule has 3 N–H and O–H groups in total. The molecule has 0 aliphatic heterocycles. The number of carbonyl (C=O) groups is 1. The van der Waals surface area contributed by atoms with Gasteiger partial charge in [-0.1, -0.05) is 0 Å². The van der Waals surface area contributed by atoms with Gasteiger partial charge < -0.3 is 10.7 Å². The molecule has 0 atom stereocenters. The molecule has 1 aromatic rings. The molecular formula is C5H7N3O. The number of hydrogen-bond acceptors (Lipinski definition) is 2. The minimum atomic E-state index is -0.370. The van der Waals surface area contributed by atoms with Crippen molar-refractivity contribution >= 4 is 5.91 Å². The first kappa shape index (κ1) is 5.81. The van der Waals surface area contributed by atoms with Crippen LogP contribution in [0, 0.1) is 0 Å². The summed E-state index contributed by atoms with van der Waals surface area (Å²) in [6, 6.07) is 0. The van der Waals surface area contributed by atoms with Crippen molar-refractivity contribution < 1.29 is 4.79 Å². The number of nitrogens with zero attached hydrogens (tertiary/aromatic N) is 1. The molecule has 4 heteroatoms. The number of rotatable bonds is 2. The van der Waals surface area contributed by atoms with Crippen molar-refractivity contribution in [1.82, 2.24) is 9.97 Å². The Bertz CT molecular complexity index is 192. The summed E-state index contributed by atoms with van der Waals surface area (Å²) in [6.07, 6.45) is 3.42. The van der Waals surface area contributed by atoms with Crippen molar-refractivity contribution in [1.29, 1.82) is 0 Å². The second-order valence-corrected chi connectivity index (χ2v) is 1.68. The standard InChI is InChI=1S/C5H7N3O/c6-4(9)3-5-7-1-2-8-5/h1-2H,3H2,(H2,6,9)(H,7,8). The fraction of sp³-hybridized carbons (Fsp3) is 0.200. The zero-order valence-corrected chi connectivity index (χ0v) is 4.79. The molecular weight excluding hydrogens is 118 g/mol. The SMILES string of the molecule is NC(=O)Cc1ncc[nH]1. The van der Waals surface area contributed by atoms with Gasteiger partial charge in [0.15, 0.2) is 0 Å². The summed E-state index contributed by atoms with van der Waals surface area (Å²) < 4.78 is 0. The first-order valence-corrected chi connectivity index (χ1v) is 2.55. The maximum Gasteiger partial charge on any atom is 0.225 e. The summed E-state index contributed by atoms with van der Waals surface area (Å²) in [4.78, 5) is 16.8. The van der Waals surface area contributed by atoms with Crippen molar-refractivity contribution in [3.8, 4) is 0 Å². The number of H-pyrrole nitrogens is 1. The third kappa shape index (κ3) is 1.56. The zero-order valence-electron chi connectivity index (χ0n) is 4.79. The Labute approximate surface area is 52.1 Å². The highest BCUT2D eigenvalue weighted by atomic mass is 16.1. The Morgan fingerprint density at radius 1 is 1.89 bits per heavy atom. The van der Waals surface area contributed by atoms with E-state index in [1.54, 1.807) is 12.4 Å². The highest BCUT2D eigenvalue weighted by molar-refractivity contribution is 5.75. The number of hydrogen-bond donors (Lipinski definition) is 2. The van der Waals surface area contributed by atoms with Crippen LogP contribution in [0.1, 0.15) is 5.82 Å². The lowest BCUT2D eigenvalue weighted by Crippen LogP contribution is -2.14. The molecule has 0 aromatic carbocycles. The lowest BCUT2D eigenvalue weighted by atomic mass is 10.4. The second kappa shape index (κ2) is 2.30. The molecule has 0 bridgehead atoms. The molecule has 4 nitrogen and oxygen atoms in total. The number of amides is 1. The van der Waals surface area contributed by atoms with Crippen LogP contribution < -0.4 is 5.73 Å². The Hall–Kier alpha value is -1.32. The molecule has 0 aliphatic rings. The molecule has 0 unspecified atom stereocenters. The molecule has 1 heterocycles. The predicted molar refractivity (Wildman–Crippen MR) is 31.5 cm³/mol. The number of imidazole rings is 1. The maximum absolute atomic E-state index is 10.2. The summed E-state index contributed by atoms with van der Waals surface area (Å²) >= 11 is 0. The lowest BCUT2D eigenvalue weighted by molar-refractivity contribution is -0.117. The van der Waals surface area contributed by atoms with Crippen molar-refractivity contribution in [2.24, 2.45) is 5.73 Å². The number of carbonyl (C=O) groups excluding carboxylic acids is 1. The number of primary amides is 1. The average molecular weight is 125 g/mol. The van der Waals surface area contributed by atoms with Crippen LogP contribution in [0.15, 0.2) is 12.4 Å². The Morgan fingerprint density at radius 2 is 2.67 bits per heavy atom. The van der Waals surface area contributed by atoms with E-state index in [4.69, 9.17) is 5.73 Å². The van der Waals surface area contributed by atoms with Crippen molar-refractivity contribution in [2.45, 2.75) is 6.42 Å². The van der Waals surface area contributed by atoms with Crippen LogP contribution in [-0.4, -0.2) is 15.9 Å².